The van der Waals surface area contributed by atoms with E-state index in [1.165, 1.54) is 6.26 Å². The quantitative estimate of drug-likeness (QED) is 0.880. The zero-order valence-electron chi connectivity index (χ0n) is 12.3. The van der Waals surface area contributed by atoms with E-state index >= 15 is 0 Å². The molecule has 0 radical (unpaired) electrons. The summed E-state index contributed by atoms with van der Waals surface area (Å²) in [6.45, 7) is 0. The Bertz CT molecular complexity index is 714. The van der Waals surface area contributed by atoms with Gasteiger partial charge in [0.05, 0.1) is 6.04 Å². The second-order valence-electron chi connectivity index (χ2n) is 4.96. The van der Waals surface area contributed by atoms with Gasteiger partial charge in [0.25, 0.3) is 5.91 Å². The van der Waals surface area contributed by atoms with Gasteiger partial charge in [-0.05, 0) is 5.56 Å². The maximum absolute atomic E-state index is 13.8. The summed E-state index contributed by atoms with van der Waals surface area (Å²) in [7, 11) is -1.21. The number of rotatable bonds is 5. The smallest absolute Gasteiger partial charge is 0.258 e. The van der Waals surface area contributed by atoms with Crippen LogP contribution in [0.2, 0.25) is 0 Å². The van der Waals surface area contributed by atoms with Gasteiger partial charge in [0.15, 0.2) is 0 Å². The molecule has 4 nitrogen and oxygen atoms in total. The van der Waals surface area contributed by atoms with E-state index in [-0.39, 0.29) is 5.75 Å². The molecule has 0 unspecified atom stereocenters. The molecule has 2 rings (SSSR count). The van der Waals surface area contributed by atoms with Crippen molar-refractivity contribution < 1.29 is 22.9 Å². The molecule has 2 N–H and O–H groups in total. The molecule has 122 valence electrons. The van der Waals surface area contributed by atoms with Crippen LogP contribution < -0.4 is 5.32 Å². The zero-order chi connectivity index (χ0) is 17.0. The molecule has 0 bridgehead atoms. The summed E-state index contributed by atoms with van der Waals surface area (Å²) in [6, 6.07) is 9.32. The first-order chi connectivity index (χ1) is 10.9. The van der Waals surface area contributed by atoms with E-state index in [2.05, 4.69) is 5.32 Å². The summed E-state index contributed by atoms with van der Waals surface area (Å²) in [5.74, 6) is -3.71. The fraction of sp³-hybridized carbons (Fsp3) is 0.188. The monoisotopic (exact) mass is 339 g/mol. The molecule has 7 heteroatoms. The predicted molar refractivity (Wildman–Crippen MR) is 83.6 cm³/mol. The molecule has 2 aromatic carbocycles. The van der Waals surface area contributed by atoms with Crippen LogP contribution in [-0.2, 0) is 10.8 Å². The van der Waals surface area contributed by atoms with Crippen molar-refractivity contribution in [2.24, 2.45) is 0 Å². The van der Waals surface area contributed by atoms with Crippen LogP contribution in [0, 0.1) is 11.6 Å². The van der Waals surface area contributed by atoms with Gasteiger partial charge in [0, 0.05) is 34.9 Å². The molecular weight excluding hydrogens is 324 g/mol. The minimum atomic E-state index is -1.21. The molecule has 23 heavy (non-hydrogen) atoms. The van der Waals surface area contributed by atoms with Crippen LogP contribution in [0.15, 0.2) is 42.5 Å². The number of amides is 1. The third kappa shape index (κ3) is 4.35. The minimum absolute atomic E-state index is 0.124. The number of phenolic OH excluding ortho intramolecular Hbond substituents is 1. The number of aromatic hydroxyl groups is 1. The van der Waals surface area contributed by atoms with Gasteiger partial charge in [-0.25, -0.2) is 8.78 Å². The molecule has 0 spiro atoms. The van der Waals surface area contributed by atoms with E-state index in [1.54, 1.807) is 30.3 Å². The molecular formula is C16H15F2NO3S. The summed E-state index contributed by atoms with van der Waals surface area (Å²) >= 11 is 0. The van der Waals surface area contributed by atoms with Crippen molar-refractivity contribution in [3.05, 3.63) is 65.2 Å². The van der Waals surface area contributed by atoms with Gasteiger partial charge in [-0.15, -0.1) is 0 Å². The Labute approximate surface area is 134 Å². The number of phenols is 1. The Kier molecular flexibility index (Phi) is 5.44. The number of halogens is 2. The highest BCUT2D eigenvalue weighted by Gasteiger charge is 2.22. The van der Waals surface area contributed by atoms with E-state index in [0.717, 1.165) is 0 Å². The minimum Gasteiger partial charge on any atom is -0.507 e. The van der Waals surface area contributed by atoms with Gasteiger partial charge in [0.1, 0.15) is 22.9 Å². The van der Waals surface area contributed by atoms with Crippen molar-refractivity contribution in [2.45, 2.75) is 6.04 Å². The Hall–Kier alpha value is -2.28. The largest absolute Gasteiger partial charge is 0.507 e. The van der Waals surface area contributed by atoms with Crippen LogP contribution in [-0.4, -0.2) is 27.2 Å². The molecule has 0 aromatic heterocycles. The molecule has 0 aliphatic carbocycles. The van der Waals surface area contributed by atoms with Gasteiger partial charge < -0.3 is 10.4 Å². The van der Waals surface area contributed by atoms with Crippen LogP contribution in [0.1, 0.15) is 22.0 Å². The lowest BCUT2D eigenvalue weighted by atomic mass is 10.1. The topological polar surface area (TPSA) is 66.4 Å². The first-order valence-electron chi connectivity index (χ1n) is 6.72. The maximum Gasteiger partial charge on any atom is 0.258 e. The molecule has 0 saturated heterocycles. The first kappa shape index (κ1) is 17.1. The Balaban J connectivity index is 2.30. The van der Waals surface area contributed by atoms with Gasteiger partial charge >= 0.3 is 0 Å². The average molecular weight is 339 g/mol. The average Bonchev–Trinajstić information content (AvgIpc) is 2.46. The molecule has 2 aromatic rings. The summed E-state index contributed by atoms with van der Waals surface area (Å²) in [5.41, 5.74) is 0.0484. The maximum atomic E-state index is 13.8. The SMILES string of the molecule is C[S@@](=O)C[C@@H](NC(=O)c1c(O)cc(F)cc1F)c1ccccc1. The third-order valence-corrected chi connectivity index (χ3v) is 3.97. The number of carbonyl (C=O) groups is 1. The van der Waals surface area contributed by atoms with Gasteiger partial charge in [-0.3, -0.25) is 9.00 Å². The molecule has 0 heterocycles. The Morgan fingerprint density at radius 3 is 2.48 bits per heavy atom. The lowest BCUT2D eigenvalue weighted by Crippen LogP contribution is -2.32. The number of hydrogen-bond acceptors (Lipinski definition) is 3. The molecule has 2 atom stereocenters. The lowest BCUT2D eigenvalue weighted by Gasteiger charge is -2.18. The van der Waals surface area contributed by atoms with Crippen molar-refractivity contribution in [3.8, 4) is 5.75 Å². The fourth-order valence-electron chi connectivity index (χ4n) is 2.16. The van der Waals surface area contributed by atoms with Crippen LogP contribution >= 0.6 is 0 Å². The second-order valence-corrected chi connectivity index (χ2v) is 6.44. The van der Waals surface area contributed by atoms with E-state index in [0.29, 0.717) is 17.7 Å². The van der Waals surface area contributed by atoms with Crippen LogP contribution in [0.25, 0.3) is 0 Å². The van der Waals surface area contributed by atoms with Crippen LogP contribution in [0.5, 0.6) is 5.75 Å². The van der Waals surface area contributed by atoms with Gasteiger partial charge in [-0.2, -0.15) is 0 Å². The van der Waals surface area contributed by atoms with E-state index in [4.69, 9.17) is 0 Å². The molecule has 0 aliphatic heterocycles. The first-order valence-corrected chi connectivity index (χ1v) is 8.45. The van der Waals surface area contributed by atoms with Crippen molar-refractivity contribution in [1.29, 1.82) is 0 Å². The summed E-state index contributed by atoms with van der Waals surface area (Å²) in [4.78, 5) is 12.2. The third-order valence-electron chi connectivity index (χ3n) is 3.17. The molecule has 0 aliphatic rings. The van der Waals surface area contributed by atoms with Crippen molar-refractivity contribution >= 4 is 16.7 Å². The molecule has 0 fully saturated rings. The number of benzene rings is 2. The predicted octanol–water partition coefficient (Wildman–Crippen LogP) is 2.52. The Morgan fingerprint density at radius 2 is 1.91 bits per heavy atom. The summed E-state index contributed by atoms with van der Waals surface area (Å²) in [6.07, 6.45) is 1.48. The lowest BCUT2D eigenvalue weighted by molar-refractivity contribution is 0.0933. The van der Waals surface area contributed by atoms with Crippen LogP contribution in [0.4, 0.5) is 8.78 Å². The number of carbonyl (C=O) groups excluding carboxylic acids is 1. The van der Waals surface area contributed by atoms with E-state index in [1.807, 2.05) is 0 Å². The summed E-state index contributed by atoms with van der Waals surface area (Å²) in [5, 5.41) is 12.1. The van der Waals surface area contributed by atoms with E-state index < -0.39 is 45.7 Å². The van der Waals surface area contributed by atoms with Crippen molar-refractivity contribution in [3.63, 3.8) is 0 Å². The highest BCUT2D eigenvalue weighted by atomic mass is 32.2. The Morgan fingerprint density at radius 1 is 1.26 bits per heavy atom. The number of hydrogen-bond donors (Lipinski definition) is 2. The fourth-order valence-corrected chi connectivity index (χ4v) is 2.90. The normalized spacial score (nSPS) is 13.3. The highest BCUT2D eigenvalue weighted by molar-refractivity contribution is 7.84. The molecule has 1 amide bonds. The highest BCUT2D eigenvalue weighted by Crippen LogP contribution is 2.23. The van der Waals surface area contributed by atoms with Crippen LogP contribution in [0.3, 0.4) is 0 Å². The van der Waals surface area contributed by atoms with Crippen molar-refractivity contribution in [1.82, 2.24) is 5.32 Å². The van der Waals surface area contributed by atoms with Crippen molar-refractivity contribution in [2.75, 3.05) is 12.0 Å². The summed E-state index contributed by atoms with van der Waals surface area (Å²) < 4.78 is 38.3. The van der Waals surface area contributed by atoms with Gasteiger partial charge in [-0.1, -0.05) is 30.3 Å². The van der Waals surface area contributed by atoms with E-state index in [9.17, 15) is 22.9 Å². The zero-order valence-corrected chi connectivity index (χ0v) is 13.1. The second kappa shape index (κ2) is 7.32. The van der Waals surface area contributed by atoms with Gasteiger partial charge in [0.2, 0.25) is 0 Å². The molecule has 0 saturated carbocycles. The number of nitrogens with one attached hydrogen (secondary N) is 1. The standard InChI is InChI=1S/C16H15F2NO3S/c1-23(22)9-13(10-5-3-2-4-6-10)19-16(21)15-12(18)7-11(17)8-14(15)20/h2-8,13,20H,9H2,1H3,(H,19,21)/t13-,23-/m1/s1.